The predicted octanol–water partition coefficient (Wildman–Crippen LogP) is 5.61. The number of benzene rings is 1. The molecule has 1 aliphatic rings. The number of aryl methyl sites for hydroxylation is 1. The van der Waals surface area contributed by atoms with Crippen molar-refractivity contribution >= 4 is 44.1 Å². The Labute approximate surface area is 190 Å². The fraction of sp³-hybridized carbons (Fsp3) is 0.478. The molecule has 4 rings (SSSR count). The number of hydrogen-bond acceptors (Lipinski definition) is 5. The van der Waals surface area contributed by atoms with Crippen LogP contribution < -0.4 is 0 Å². The number of furan rings is 1. The summed E-state index contributed by atoms with van der Waals surface area (Å²) in [6.07, 6.45) is 0.951. The van der Waals surface area contributed by atoms with Crippen molar-refractivity contribution in [1.82, 2.24) is 14.8 Å². The van der Waals surface area contributed by atoms with E-state index in [9.17, 15) is 4.79 Å². The maximum atomic E-state index is 13.2. The van der Waals surface area contributed by atoms with E-state index in [1.807, 2.05) is 30.0 Å². The third-order valence-corrected chi connectivity index (χ3v) is 7.36. The van der Waals surface area contributed by atoms with E-state index in [2.05, 4.69) is 47.0 Å². The summed E-state index contributed by atoms with van der Waals surface area (Å²) < 4.78 is 6.92. The van der Waals surface area contributed by atoms with Crippen molar-refractivity contribution in [2.24, 2.45) is 0 Å². The van der Waals surface area contributed by atoms with Gasteiger partial charge < -0.3 is 9.32 Å². The minimum atomic E-state index is -0.00894. The van der Waals surface area contributed by atoms with Gasteiger partial charge in [-0.25, -0.2) is 4.98 Å². The molecule has 0 saturated carbocycles. The zero-order valence-corrected chi connectivity index (χ0v) is 20.4. The average Bonchev–Trinajstić information content (AvgIpc) is 3.20. The van der Waals surface area contributed by atoms with Crippen LogP contribution in [-0.4, -0.2) is 46.9 Å². The van der Waals surface area contributed by atoms with Gasteiger partial charge in [-0.05, 0) is 31.5 Å². The first-order valence-electron chi connectivity index (χ1n) is 10.4. The van der Waals surface area contributed by atoms with Gasteiger partial charge in [-0.2, -0.15) is 0 Å². The van der Waals surface area contributed by atoms with Gasteiger partial charge in [0.2, 0.25) is 0 Å². The number of thiazole rings is 1. The monoisotopic (exact) mass is 489 g/mol. The Morgan fingerprint density at radius 3 is 2.77 bits per heavy atom. The normalized spacial score (nSPS) is 16.2. The van der Waals surface area contributed by atoms with Crippen molar-refractivity contribution in [3.8, 4) is 0 Å². The molecule has 1 fully saturated rings. The van der Waals surface area contributed by atoms with E-state index in [1.54, 1.807) is 11.3 Å². The minimum Gasteiger partial charge on any atom is -0.451 e. The van der Waals surface area contributed by atoms with Crippen LogP contribution >= 0.6 is 27.3 Å². The lowest BCUT2D eigenvalue weighted by Crippen LogP contribution is -2.35. The molecule has 0 radical (unpaired) electrons. The lowest BCUT2D eigenvalue weighted by atomic mass is 9.98. The van der Waals surface area contributed by atoms with E-state index in [4.69, 9.17) is 9.40 Å². The highest BCUT2D eigenvalue weighted by molar-refractivity contribution is 9.10. The Kier molecular flexibility index (Phi) is 6.06. The second kappa shape index (κ2) is 8.44. The molecular formula is C23H28BrN3O2S. The summed E-state index contributed by atoms with van der Waals surface area (Å²) in [5, 5.41) is 4.34. The molecule has 0 N–H and O–H groups in total. The standard InChI is InChI=1S/C23H28BrN3O2S/c1-15-18-12-16(24)6-7-19(18)29-20(15)21(28)27-9-5-8-26(10-11-27)13-17-14-30-22(25-17)23(2,3)4/h6-7,12,14H,5,8-11,13H2,1-4H3. The number of halogens is 1. The van der Waals surface area contributed by atoms with Crippen molar-refractivity contribution in [2.45, 2.75) is 46.1 Å². The number of fused-ring (bicyclic) bond motifs is 1. The highest BCUT2D eigenvalue weighted by Gasteiger charge is 2.26. The second-order valence-corrected chi connectivity index (χ2v) is 10.8. The Balaban J connectivity index is 1.43. The molecule has 1 aromatic carbocycles. The maximum absolute atomic E-state index is 13.2. The van der Waals surface area contributed by atoms with Gasteiger partial charge in [-0.1, -0.05) is 36.7 Å². The van der Waals surface area contributed by atoms with Crippen molar-refractivity contribution in [3.05, 3.63) is 50.1 Å². The molecule has 0 aliphatic carbocycles. The molecule has 160 valence electrons. The molecule has 0 atom stereocenters. The highest BCUT2D eigenvalue weighted by atomic mass is 79.9. The van der Waals surface area contributed by atoms with Crippen LogP contribution in [0.4, 0.5) is 0 Å². The van der Waals surface area contributed by atoms with Gasteiger partial charge in [0.05, 0.1) is 10.7 Å². The molecule has 1 amide bonds. The molecule has 3 aromatic rings. The van der Waals surface area contributed by atoms with Gasteiger partial charge >= 0.3 is 0 Å². The van der Waals surface area contributed by atoms with Crippen LogP contribution in [0.2, 0.25) is 0 Å². The van der Waals surface area contributed by atoms with Crippen LogP contribution in [-0.2, 0) is 12.0 Å². The second-order valence-electron chi connectivity index (χ2n) is 9.01. The molecule has 30 heavy (non-hydrogen) atoms. The van der Waals surface area contributed by atoms with Gasteiger partial charge in [-0.3, -0.25) is 9.69 Å². The number of carbonyl (C=O) groups excluding carboxylic acids is 1. The molecule has 1 saturated heterocycles. The lowest BCUT2D eigenvalue weighted by Gasteiger charge is -2.21. The number of amides is 1. The van der Waals surface area contributed by atoms with Crippen LogP contribution in [0.5, 0.6) is 0 Å². The number of rotatable bonds is 3. The van der Waals surface area contributed by atoms with Crippen LogP contribution in [0.1, 0.15) is 54.0 Å². The molecule has 1 aliphatic heterocycles. The number of aromatic nitrogens is 1. The van der Waals surface area contributed by atoms with Gasteiger partial charge in [0.25, 0.3) is 5.91 Å². The summed E-state index contributed by atoms with van der Waals surface area (Å²) in [4.78, 5) is 22.4. The van der Waals surface area contributed by atoms with E-state index in [0.717, 1.165) is 59.3 Å². The number of hydrogen-bond donors (Lipinski definition) is 0. The number of carbonyl (C=O) groups is 1. The molecule has 3 heterocycles. The van der Waals surface area contributed by atoms with Crippen molar-refractivity contribution in [2.75, 3.05) is 26.2 Å². The summed E-state index contributed by atoms with van der Waals surface area (Å²) in [5.41, 5.74) is 2.89. The summed E-state index contributed by atoms with van der Waals surface area (Å²) >= 11 is 5.24. The van der Waals surface area contributed by atoms with E-state index < -0.39 is 0 Å². The van der Waals surface area contributed by atoms with Crippen LogP contribution in [0.15, 0.2) is 32.5 Å². The summed E-state index contributed by atoms with van der Waals surface area (Å²) in [5.74, 6) is 0.455. The molecule has 0 bridgehead atoms. The van der Waals surface area contributed by atoms with Gasteiger partial charge in [0, 0.05) is 58.9 Å². The largest absolute Gasteiger partial charge is 0.451 e. The Hall–Kier alpha value is -1.70. The Morgan fingerprint density at radius 2 is 2.03 bits per heavy atom. The molecule has 0 spiro atoms. The van der Waals surface area contributed by atoms with Crippen molar-refractivity contribution < 1.29 is 9.21 Å². The van der Waals surface area contributed by atoms with Crippen LogP contribution in [0, 0.1) is 6.92 Å². The minimum absolute atomic E-state index is 0.00894. The molecule has 5 nitrogen and oxygen atoms in total. The van der Waals surface area contributed by atoms with Crippen LogP contribution in [0.25, 0.3) is 11.0 Å². The zero-order chi connectivity index (χ0) is 21.5. The van der Waals surface area contributed by atoms with Crippen LogP contribution in [0.3, 0.4) is 0 Å². The summed E-state index contributed by atoms with van der Waals surface area (Å²) in [6.45, 7) is 12.7. The fourth-order valence-electron chi connectivity index (χ4n) is 3.83. The first-order chi connectivity index (χ1) is 14.2. The Morgan fingerprint density at radius 1 is 1.23 bits per heavy atom. The third kappa shape index (κ3) is 4.48. The topological polar surface area (TPSA) is 49.6 Å². The molecule has 0 unspecified atom stereocenters. The Bertz CT molecular complexity index is 1070. The third-order valence-electron chi connectivity index (χ3n) is 5.55. The maximum Gasteiger partial charge on any atom is 0.289 e. The van der Waals surface area contributed by atoms with Gasteiger partial charge in [0.15, 0.2) is 5.76 Å². The first-order valence-corrected chi connectivity index (χ1v) is 12.0. The van der Waals surface area contributed by atoms with Crippen molar-refractivity contribution in [3.63, 3.8) is 0 Å². The SMILES string of the molecule is Cc1c(C(=O)N2CCCN(Cc3csc(C(C)(C)C)n3)CC2)oc2ccc(Br)cc12. The average molecular weight is 490 g/mol. The van der Waals surface area contributed by atoms with Gasteiger partial charge in [0.1, 0.15) is 5.58 Å². The van der Waals surface area contributed by atoms with E-state index in [1.165, 1.54) is 5.01 Å². The summed E-state index contributed by atoms with van der Waals surface area (Å²) in [7, 11) is 0. The van der Waals surface area contributed by atoms with E-state index in [0.29, 0.717) is 12.3 Å². The molecule has 7 heteroatoms. The number of nitrogens with zero attached hydrogens (tertiary/aromatic N) is 3. The first kappa shape index (κ1) is 21.5. The van der Waals surface area contributed by atoms with E-state index >= 15 is 0 Å². The van der Waals surface area contributed by atoms with E-state index in [-0.39, 0.29) is 11.3 Å². The summed E-state index contributed by atoms with van der Waals surface area (Å²) in [6, 6.07) is 5.86. The van der Waals surface area contributed by atoms with Crippen molar-refractivity contribution in [1.29, 1.82) is 0 Å². The molecule has 2 aromatic heterocycles. The predicted molar refractivity (Wildman–Crippen MR) is 125 cm³/mol. The fourth-order valence-corrected chi connectivity index (χ4v) is 5.09. The zero-order valence-electron chi connectivity index (χ0n) is 18.0. The quantitative estimate of drug-likeness (QED) is 0.479. The highest BCUT2D eigenvalue weighted by Crippen LogP contribution is 2.29. The lowest BCUT2D eigenvalue weighted by molar-refractivity contribution is 0.0730. The molecular weight excluding hydrogens is 462 g/mol. The van der Waals surface area contributed by atoms with Gasteiger partial charge in [-0.15, -0.1) is 11.3 Å². The smallest absolute Gasteiger partial charge is 0.289 e.